The van der Waals surface area contributed by atoms with E-state index in [0.717, 1.165) is 42.4 Å². The third kappa shape index (κ3) is 9.86. The molecule has 0 spiro atoms. The quantitative estimate of drug-likeness (QED) is 0.0875. The van der Waals surface area contributed by atoms with E-state index in [0.29, 0.717) is 52.7 Å². The van der Waals surface area contributed by atoms with Gasteiger partial charge in [0.1, 0.15) is 27.1 Å². The van der Waals surface area contributed by atoms with E-state index < -0.39 is 5.91 Å². The van der Waals surface area contributed by atoms with Gasteiger partial charge in [-0.1, -0.05) is 76.6 Å². The lowest BCUT2D eigenvalue weighted by Crippen LogP contribution is -2.58. The van der Waals surface area contributed by atoms with Crippen LogP contribution < -0.4 is 21.1 Å². The normalized spacial score (nSPS) is 14.7. The van der Waals surface area contributed by atoms with Gasteiger partial charge in [0.25, 0.3) is 5.91 Å². The number of para-hydroxylation sites is 1. The van der Waals surface area contributed by atoms with E-state index >= 15 is 0 Å². The number of anilines is 3. The van der Waals surface area contributed by atoms with Gasteiger partial charge in [-0.25, -0.2) is 4.79 Å². The highest BCUT2D eigenvalue weighted by Crippen LogP contribution is 2.39. The Hall–Kier alpha value is -4.82. The molecule has 1 aliphatic carbocycles. The molecule has 1 saturated carbocycles. The summed E-state index contributed by atoms with van der Waals surface area (Å²) in [4.78, 5) is 31.9. The zero-order valence-corrected chi connectivity index (χ0v) is 30.4. The van der Waals surface area contributed by atoms with Crippen LogP contribution in [-0.2, 0) is 4.79 Å². The summed E-state index contributed by atoms with van der Waals surface area (Å²) in [6.45, 7) is 13.1. The van der Waals surface area contributed by atoms with Crippen molar-refractivity contribution in [2.45, 2.75) is 65.1 Å². The Balaban J connectivity index is 2.08. The minimum atomic E-state index is -0.715. The van der Waals surface area contributed by atoms with E-state index in [1.165, 1.54) is 6.42 Å². The van der Waals surface area contributed by atoms with E-state index in [4.69, 9.17) is 15.5 Å². The molecule has 1 aromatic carbocycles. The number of nitrogens with one attached hydrogen (secondary N) is 2. The summed E-state index contributed by atoms with van der Waals surface area (Å²) in [7, 11) is 7.68. The molecule has 0 radical (unpaired) electrons. The molecule has 0 aliphatic heterocycles. The lowest BCUT2D eigenvalue weighted by Gasteiger charge is -2.50. The molecule has 12 heteroatoms. The van der Waals surface area contributed by atoms with E-state index in [-0.39, 0.29) is 11.0 Å². The first-order valence-corrected chi connectivity index (χ1v) is 17.0. The van der Waals surface area contributed by atoms with Crippen molar-refractivity contribution >= 4 is 56.0 Å². The van der Waals surface area contributed by atoms with Gasteiger partial charge in [0.05, 0.1) is 24.2 Å². The first-order chi connectivity index (χ1) is 23.4. The van der Waals surface area contributed by atoms with Crippen LogP contribution in [0, 0.1) is 11.8 Å². The molecule has 4 N–H and O–H groups in total. The second-order valence-electron chi connectivity index (χ2n) is 12.9. The van der Waals surface area contributed by atoms with Crippen molar-refractivity contribution in [3.05, 3.63) is 83.9 Å². The standard InChI is InChI=1S/C37H51B2N7O3/c1-8-10-13-27(29-16-12-17-30(35(29)49-7)43-31-20-33(41-6)44-45-34(31)36(40)48)21-42-26(5)32(23-47)46(37(38,39)28-14-11-15-28)22-25(4)19-18-24(3)9-2/h10,12-13,16-21,24,28H,4,8-9,11,14-15,22,38-39H2,1-3,5-7H3,(H2,40,48)(H2,41,43,44)/b13-10+,19-18-,27-21+,42-26+. The fourth-order valence-electron chi connectivity index (χ4n) is 5.62. The highest BCUT2D eigenvalue weighted by molar-refractivity contribution is 6.40. The Bertz CT molecular complexity index is 1670. The van der Waals surface area contributed by atoms with Crippen LogP contribution >= 0.6 is 0 Å². The van der Waals surface area contributed by atoms with Crippen LogP contribution in [0.5, 0.6) is 5.75 Å². The van der Waals surface area contributed by atoms with Gasteiger partial charge in [-0.2, -0.15) is 0 Å². The van der Waals surface area contributed by atoms with Crippen LogP contribution in [0.2, 0.25) is 0 Å². The zero-order chi connectivity index (χ0) is 36.1. The number of aromatic nitrogens is 2. The number of methoxy groups -OCH3 is 1. The van der Waals surface area contributed by atoms with Gasteiger partial charge in [-0.05, 0) is 55.0 Å². The lowest BCUT2D eigenvalue weighted by molar-refractivity contribution is 0.0995. The second kappa shape index (κ2) is 18.1. The summed E-state index contributed by atoms with van der Waals surface area (Å²) < 4.78 is 5.92. The molecular formula is C37H51B2N7O3. The molecule has 1 aromatic heterocycles. The summed E-state index contributed by atoms with van der Waals surface area (Å²) in [5.41, 5.74) is 9.94. The summed E-state index contributed by atoms with van der Waals surface area (Å²) in [6, 6.07) is 7.29. The van der Waals surface area contributed by atoms with E-state index in [1.54, 1.807) is 26.4 Å². The predicted molar refractivity (Wildman–Crippen MR) is 208 cm³/mol. The summed E-state index contributed by atoms with van der Waals surface area (Å²) in [5.74, 6) is 3.39. The largest absolute Gasteiger partial charge is 0.494 e. The third-order valence-electron chi connectivity index (χ3n) is 9.19. The van der Waals surface area contributed by atoms with E-state index in [2.05, 4.69) is 86.9 Å². The Kier molecular flexibility index (Phi) is 14.3. The molecule has 258 valence electrons. The minimum absolute atomic E-state index is 0.00562. The third-order valence-corrected chi connectivity index (χ3v) is 9.19. The summed E-state index contributed by atoms with van der Waals surface area (Å²) in [5, 5.41) is 13.8. The second-order valence-corrected chi connectivity index (χ2v) is 12.9. The van der Waals surface area contributed by atoms with E-state index in [9.17, 15) is 9.59 Å². The summed E-state index contributed by atoms with van der Waals surface area (Å²) in [6.07, 6.45) is 15.3. The molecule has 1 amide bonds. The van der Waals surface area contributed by atoms with Gasteiger partial charge in [0.2, 0.25) is 0 Å². The molecule has 2 aromatic rings. The average Bonchev–Trinajstić information content (AvgIpc) is 3.05. The molecule has 10 nitrogen and oxygen atoms in total. The number of hydrogen-bond acceptors (Lipinski definition) is 9. The number of hydrogen-bond donors (Lipinski definition) is 3. The van der Waals surface area contributed by atoms with Crippen molar-refractivity contribution in [1.29, 1.82) is 0 Å². The highest BCUT2D eigenvalue weighted by atomic mass is 16.5. The number of nitrogens with two attached hydrogens (primary N) is 1. The predicted octanol–water partition coefficient (Wildman–Crippen LogP) is 5.03. The first-order valence-electron chi connectivity index (χ1n) is 17.0. The smallest absolute Gasteiger partial charge is 0.271 e. The molecule has 1 atom stereocenters. The van der Waals surface area contributed by atoms with Crippen LogP contribution in [-0.4, -0.2) is 74.4 Å². The van der Waals surface area contributed by atoms with Crippen molar-refractivity contribution in [1.82, 2.24) is 15.1 Å². The van der Waals surface area contributed by atoms with Crippen molar-refractivity contribution in [3.63, 3.8) is 0 Å². The number of benzene rings is 1. The van der Waals surface area contributed by atoms with Gasteiger partial charge in [-0.3, -0.25) is 9.79 Å². The monoisotopic (exact) mass is 663 g/mol. The van der Waals surface area contributed by atoms with Crippen LogP contribution in [0.25, 0.3) is 5.57 Å². The molecular weight excluding hydrogens is 612 g/mol. The molecule has 3 rings (SSSR count). The number of nitrogens with zero attached hydrogens (tertiary/aromatic N) is 4. The number of amides is 1. The number of allylic oxidation sites excluding steroid dienone is 5. The fraction of sp³-hybridized carbons (Fsp3) is 0.405. The van der Waals surface area contributed by atoms with Crippen molar-refractivity contribution in [2.75, 3.05) is 31.3 Å². The number of carbonyl (C=O) groups excluding carboxylic acids is 2. The zero-order valence-electron chi connectivity index (χ0n) is 30.4. The number of ether oxygens (including phenoxy) is 1. The van der Waals surface area contributed by atoms with Crippen molar-refractivity contribution < 1.29 is 14.3 Å². The van der Waals surface area contributed by atoms with Crippen LogP contribution in [0.1, 0.15) is 75.9 Å². The number of rotatable bonds is 18. The maximum atomic E-state index is 12.7. The Morgan fingerprint density at radius 1 is 1.27 bits per heavy atom. The maximum absolute atomic E-state index is 12.7. The molecule has 0 bridgehead atoms. The maximum Gasteiger partial charge on any atom is 0.271 e. The average molecular weight is 663 g/mol. The Labute approximate surface area is 293 Å². The molecule has 1 heterocycles. The van der Waals surface area contributed by atoms with Crippen molar-refractivity contribution in [3.8, 4) is 5.75 Å². The Morgan fingerprint density at radius 2 is 2.00 bits per heavy atom. The number of carbonyl (C=O) groups is 1. The molecule has 1 fully saturated rings. The number of aliphatic imine (C=N–C) groups is 1. The molecule has 0 saturated heterocycles. The molecule has 49 heavy (non-hydrogen) atoms. The van der Waals surface area contributed by atoms with Crippen LogP contribution in [0.4, 0.5) is 17.2 Å². The number of primary amides is 1. The van der Waals surface area contributed by atoms with Gasteiger partial charge in [0.15, 0.2) is 17.5 Å². The lowest BCUT2D eigenvalue weighted by atomic mass is 9.49. The summed E-state index contributed by atoms with van der Waals surface area (Å²) >= 11 is 0. The van der Waals surface area contributed by atoms with Crippen molar-refractivity contribution in [2.24, 2.45) is 22.6 Å². The SMILES string of the molecule is BC(B)(C1CCC1)N(CC(=C)/C=C\C(C)CC)C(=C=O)/C(C)=N/C=C(\C=C\CC)c1cccc(Nc2cc(NC)nnc2C(N)=O)c1OC. The van der Waals surface area contributed by atoms with Gasteiger partial charge >= 0.3 is 0 Å². The van der Waals surface area contributed by atoms with Gasteiger partial charge < -0.3 is 26.0 Å². The topological polar surface area (TPSA) is 135 Å². The molecule has 1 aliphatic rings. The minimum Gasteiger partial charge on any atom is -0.494 e. The van der Waals surface area contributed by atoms with Crippen LogP contribution in [0.15, 0.2) is 77.6 Å². The molecule has 1 unspecified atom stereocenters. The fourth-order valence-corrected chi connectivity index (χ4v) is 5.62. The van der Waals surface area contributed by atoms with Gasteiger partial charge in [-0.15, -0.1) is 10.2 Å². The first kappa shape index (κ1) is 38.6. The van der Waals surface area contributed by atoms with Crippen LogP contribution in [0.3, 0.4) is 0 Å². The Morgan fingerprint density at radius 3 is 2.57 bits per heavy atom. The van der Waals surface area contributed by atoms with Gasteiger partial charge in [0, 0.05) is 37.0 Å². The highest BCUT2D eigenvalue weighted by Gasteiger charge is 2.40. The van der Waals surface area contributed by atoms with E-state index in [1.807, 2.05) is 37.3 Å².